The Morgan fingerprint density at radius 3 is 2.71 bits per heavy atom. The van der Waals surface area contributed by atoms with Crippen LogP contribution in [0.25, 0.3) is 0 Å². The second-order valence-corrected chi connectivity index (χ2v) is 8.42. The Morgan fingerprint density at radius 1 is 1.24 bits per heavy atom. The van der Waals surface area contributed by atoms with Crippen LogP contribution in [-0.2, 0) is 22.1 Å². The van der Waals surface area contributed by atoms with Gasteiger partial charge in [0.15, 0.2) is 0 Å². The first-order chi connectivity index (χ1) is 16.3. The van der Waals surface area contributed by atoms with Gasteiger partial charge in [0.05, 0.1) is 31.0 Å². The number of hydrogen-bond acceptors (Lipinski definition) is 5. The van der Waals surface area contributed by atoms with E-state index >= 15 is 0 Å². The molecule has 2 aromatic rings. The number of methoxy groups -OCH3 is 1. The number of halogens is 3. The second kappa shape index (κ2) is 12.3. The van der Waals surface area contributed by atoms with Crippen LogP contribution in [0.5, 0.6) is 0 Å². The van der Waals surface area contributed by atoms with Crippen LogP contribution < -0.4 is 0 Å². The molecule has 9 heteroatoms. The lowest BCUT2D eigenvalue weighted by molar-refractivity contribution is -0.137. The van der Waals surface area contributed by atoms with E-state index in [4.69, 9.17) is 9.47 Å². The number of carbonyl (C=O) groups is 1. The van der Waals surface area contributed by atoms with Gasteiger partial charge in [-0.25, -0.2) is 0 Å². The molecule has 1 N–H and O–H groups in total. The van der Waals surface area contributed by atoms with E-state index in [1.54, 1.807) is 0 Å². The summed E-state index contributed by atoms with van der Waals surface area (Å²) in [5.41, 5.74) is 0.159. The predicted octanol–water partition coefficient (Wildman–Crippen LogP) is 3.10. The van der Waals surface area contributed by atoms with E-state index < -0.39 is 23.8 Å². The molecule has 6 nitrogen and oxygen atoms in total. The highest BCUT2D eigenvalue weighted by Gasteiger charge is 2.32. The Morgan fingerprint density at radius 2 is 2.00 bits per heavy atom. The number of β-amino-alcohol motifs (C(OH)–C–C–N with tert-alkyl or cyclic N) is 1. The van der Waals surface area contributed by atoms with Gasteiger partial charge in [0.25, 0.3) is 5.91 Å². The predicted molar refractivity (Wildman–Crippen MR) is 122 cm³/mol. The molecule has 0 bridgehead atoms. The molecule has 0 radical (unpaired) electrons. The first-order valence-corrected chi connectivity index (χ1v) is 11.3. The molecule has 1 saturated heterocycles. The number of ether oxygens (including phenoxy) is 2. The van der Waals surface area contributed by atoms with Crippen LogP contribution in [0, 0.1) is 0 Å². The lowest BCUT2D eigenvalue weighted by atomic mass is 10.1. The molecule has 1 aliphatic rings. The van der Waals surface area contributed by atoms with Gasteiger partial charge in [0.2, 0.25) is 0 Å². The molecule has 34 heavy (non-hydrogen) atoms. The van der Waals surface area contributed by atoms with Crippen LogP contribution in [0.1, 0.15) is 21.5 Å². The highest BCUT2D eigenvalue weighted by molar-refractivity contribution is 5.94. The zero-order valence-electron chi connectivity index (χ0n) is 19.2. The van der Waals surface area contributed by atoms with E-state index in [-0.39, 0.29) is 31.4 Å². The van der Waals surface area contributed by atoms with Crippen LogP contribution in [0.2, 0.25) is 0 Å². The molecule has 2 aromatic carbocycles. The van der Waals surface area contributed by atoms with Crippen molar-refractivity contribution < 1.29 is 32.5 Å². The summed E-state index contributed by atoms with van der Waals surface area (Å²) >= 11 is 0. The number of nitrogens with zero attached hydrogens (tertiary/aromatic N) is 2. The number of morpholine rings is 1. The summed E-state index contributed by atoms with van der Waals surface area (Å²) in [6, 6.07) is 14.2. The summed E-state index contributed by atoms with van der Waals surface area (Å²) in [6.45, 7) is 2.75. The maximum absolute atomic E-state index is 13.1. The van der Waals surface area contributed by atoms with Crippen molar-refractivity contribution in [3.05, 3.63) is 71.3 Å². The van der Waals surface area contributed by atoms with E-state index in [9.17, 15) is 23.1 Å². The van der Waals surface area contributed by atoms with Crippen molar-refractivity contribution in [2.45, 2.75) is 24.8 Å². The Bertz CT molecular complexity index is 911. The summed E-state index contributed by atoms with van der Waals surface area (Å²) in [5, 5.41) is 10.5. The van der Waals surface area contributed by atoms with E-state index in [2.05, 4.69) is 4.90 Å². The third-order valence-corrected chi connectivity index (χ3v) is 5.72. The zero-order valence-corrected chi connectivity index (χ0v) is 19.2. The van der Waals surface area contributed by atoms with Crippen LogP contribution >= 0.6 is 0 Å². The van der Waals surface area contributed by atoms with Crippen molar-refractivity contribution in [3.8, 4) is 0 Å². The van der Waals surface area contributed by atoms with Gasteiger partial charge in [0.1, 0.15) is 0 Å². The fraction of sp³-hybridized carbons (Fsp3) is 0.480. The van der Waals surface area contributed by atoms with Crippen molar-refractivity contribution in [3.63, 3.8) is 0 Å². The van der Waals surface area contributed by atoms with E-state index in [0.717, 1.165) is 17.7 Å². The molecule has 0 spiro atoms. The average Bonchev–Trinajstić information content (AvgIpc) is 2.81. The number of rotatable bonds is 10. The molecule has 0 aliphatic carbocycles. The number of hydrogen-bond donors (Lipinski definition) is 1. The fourth-order valence-electron chi connectivity index (χ4n) is 4.04. The first kappa shape index (κ1) is 26.2. The molecule has 2 unspecified atom stereocenters. The van der Waals surface area contributed by atoms with Gasteiger partial charge in [0, 0.05) is 45.4 Å². The molecule has 2 atom stereocenters. The van der Waals surface area contributed by atoms with E-state index in [0.29, 0.717) is 32.7 Å². The third kappa shape index (κ3) is 7.80. The number of benzene rings is 2. The van der Waals surface area contributed by atoms with Crippen molar-refractivity contribution in [1.29, 1.82) is 0 Å². The van der Waals surface area contributed by atoms with Gasteiger partial charge in [-0.05, 0) is 30.2 Å². The minimum absolute atomic E-state index is 0.0307. The summed E-state index contributed by atoms with van der Waals surface area (Å²) in [7, 11) is 1.50. The number of aliphatic hydroxyl groups is 1. The molecule has 1 heterocycles. The van der Waals surface area contributed by atoms with Gasteiger partial charge in [-0.2, -0.15) is 13.2 Å². The van der Waals surface area contributed by atoms with Crippen LogP contribution in [0.4, 0.5) is 13.2 Å². The van der Waals surface area contributed by atoms with Gasteiger partial charge < -0.3 is 19.5 Å². The smallest absolute Gasteiger partial charge is 0.391 e. The molecule has 1 aliphatic heterocycles. The van der Waals surface area contributed by atoms with Gasteiger partial charge >= 0.3 is 6.18 Å². The van der Waals surface area contributed by atoms with Gasteiger partial charge in [-0.1, -0.05) is 36.4 Å². The number of carbonyl (C=O) groups excluding carboxylic acids is 1. The summed E-state index contributed by atoms with van der Waals surface area (Å²) in [5.74, 6) is -0.506. The normalized spacial score (nSPS) is 18.0. The van der Waals surface area contributed by atoms with Crippen molar-refractivity contribution in [2.24, 2.45) is 0 Å². The lowest BCUT2D eigenvalue weighted by Crippen LogP contribution is -2.51. The second-order valence-electron chi connectivity index (χ2n) is 8.42. The van der Waals surface area contributed by atoms with Crippen LogP contribution in [-0.4, -0.2) is 86.1 Å². The lowest BCUT2D eigenvalue weighted by Gasteiger charge is -2.36. The van der Waals surface area contributed by atoms with E-state index in [1.807, 2.05) is 30.3 Å². The molecule has 186 valence electrons. The maximum Gasteiger partial charge on any atom is 0.416 e. The zero-order chi connectivity index (χ0) is 24.6. The minimum Gasteiger partial charge on any atom is -0.391 e. The summed E-state index contributed by atoms with van der Waals surface area (Å²) < 4.78 is 50.2. The average molecular weight is 481 g/mol. The Labute approximate surface area is 197 Å². The van der Waals surface area contributed by atoms with Crippen LogP contribution in [0.15, 0.2) is 54.6 Å². The van der Waals surface area contributed by atoms with Crippen molar-refractivity contribution in [1.82, 2.24) is 9.80 Å². The highest BCUT2D eigenvalue weighted by Crippen LogP contribution is 2.29. The first-order valence-electron chi connectivity index (χ1n) is 11.3. The molecule has 0 aromatic heterocycles. The molecule has 1 amide bonds. The van der Waals surface area contributed by atoms with E-state index in [1.165, 1.54) is 24.1 Å². The fourth-order valence-corrected chi connectivity index (χ4v) is 4.04. The quantitative estimate of drug-likeness (QED) is 0.566. The molecule has 0 saturated carbocycles. The highest BCUT2D eigenvalue weighted by atomic mass is 19.4. The maximum atomic E-state index is 13.1. The standard InChI is InChI=1S/C25H31F3N2O4/c1-33-12-11-30(24(32)20-8-5-9-21(15-20)25(26,27)28)18-23-17-29(10-13-34-23)16-22(31)14-19-6-3-2-4-7-19/h2-9,15,22-23,31H,10-14,16-18H2,1H3. The Balaban J connectivity index is 1.62. The molecule has 1 fully saturated rings. The number of amides is 1. The minimum atomic E-state index is -4.53. The van der Waals surface area contributed by atoms with Crippen molar-refractivity contribution >= 4 is 5.91 Å². The Hall–Kier alpha value is -2.46. The third-order valence-electron chi connectivity index (χ3n) is 5.72. The summed E-state index contributed by atoms with van der Waals surface area (Å²) in [6.07, 6.45) is -4.86. The number of alkyl halides is 3. The van der Waals surface area contributed by atoms with Gasteiger partial charge in [-0.3, -0.25) is 9.69 Å². The Kier molecular flexibility index (Phi) is 9.46. The SMILES string of the molecule is COCCN(CC1CN(CC(O)Cc2ccccc2)CCO1)C(=O)c1cccc(C(F)(F)F)c1. The monoisotopic (exact) mass is 480 g/mol. The molecular formula is C25H31F3N2O4. The summed E-state index contributed by atoms with van der Waals surface area (Å²) in [4.78, 5) is 16.6. The van der Waals surface area contributed by atoms with Crippen LogP contribution in [0.3, 0.4) is 0 Å². The molecular weight excluding hydrogens is 449 g/mol. The van der Waals surface area contributed by atoms with Gasteiger partial charge in [-0.15, -0.1) is 0 Å². The largest absolute Gasteiger partial charge is 0.416 e. The van der Waals surface area contributed by atoms with Crippen molar-refractivity contribution in [2.75, 3.05) is 53.0 Å². The topological polar surface area (TPSA) is 62.2 Å². The number of aliphatic hydroxyl groups excluding tert-OH is 1. The molecule has 3 rings (SSSR count).